The van der Waals surface area contributed by atoms with Crippen molar-refractivity contribution in [3.05, 3.63) is 71.3 Å². The predicted octanol–water partition coefficient (Wildman–Crippen LogP) is 5.16. The zero-order valence-corrected chi connectivity index (χ0v) is 19.9. The minimum atomic E-state index is -0.280. The van der Waals surface area contributed by atoms with Crippen molar-refractivity contribution in [1.82, 2.24) is 9.80 Å². The van der Waals surface area contributed by atoms with Crippen LogP contribution in [-0.2, 0) is 4.79 Å². The van der Waals surface area contributed by atoms with Crippen LogP contribution < -0.4 is 10.6 Å². The highest BCUT2D eigenvalue weighted by molar-refractivity contribution is 6.30. The highest BCUT2D eigenvalue weighted by Crippen LogP contribution is 2.22. The molecule has 0 aromatic heterocycles. The lowest BCUT2D eigenvalue weighted by Crippen LogP contribution is -2.37. The van der Waals surface area contributed by atoms with E-state index in [-0.39, 0.29) is 29.9 Å². The van der Waals surface area contributed by atoms with Crippen LogP contribution in [0.2, 0.25) is 5.02 Å². The van der Waals surface area contributed by atoms with Crippen molar-refractivity contribution in [3.8, 4) is 0 Å². The average molecular weight is 481 g/mol. The van der Waals surface area contributed by atoms with Crippen LogP contribution in [0.3, 0.4) is 0 Å². The molecule has 4 amide bonds. The van der Waals surface area contributed by atoms with Gasteiger partial charge in [-0.25, -0.2) is 4.79 Å². The van der Waals surface area contributed by atoms with E-state index in [1.807, 2.05) is 4.90 Å². The number of anilines is 2. The van der Waals surface area contributed by atoms with Gasteiger partial charge in [-0.2, -0.15) is 0 Å². The van der Waals surface area contributed by atoms with Gasteiger partial charge in [-0.1, -0.05) is 17.7 Å². The van der Waals surface area contributed by atoms with Crippen LogP contribution in [0.1, 0.15) is 43.0 Å². The van der Waals surface area contributed by atoms with Crippen molar-refractivity contribution >= 4 is 40.8 Å². The fraction of sp³-hybridized carbons (Fsp3) is 0.346. The Balaban J connectivity index is 1.30. The summed E-state index contributed by atoms with van der Waals surface area (Å²) >= 11 is 5.89. The first-order valence-electron chi connectivity index (χ1n) is 11.6. The molecular formula is C26H29ClN4O3. The molecule has 0 unspecified atom stereocenters. The van der Waals surface area contributed by atoms with E-state index in [1.165, 1.54) is 6.08 Å². The third kappa shape index (κ3) is 5.78. The van der Waals surface area contributed by atoms with Gasteiger partial charge in [0.2, 0.25) is 5.91 Å². The number of rotatable bonds is 5. The Morgan fingerprint density at radius 2 is 1.50 bits per heavy atom. The minimum Gasteiger partial charge on any atom is -0.336 e. The van der Waals surface area contributed by atoms with Crippen LogP contribution >= 0.6 is 11.6 Å². The molecule has 2 N–H and O–H groups in total. The van der Waals surface area contributed by atoms with E-state index in [4.69, 9.17) is 11.6 Å². The van der Waals surface area contributed by atoms with Crippen LogP contribution in [0.4, 0.5) is 16.2 Å². The number of nitrogens with one attached hydrogen (secondary N) is 2. The normalized spacial score (nSPS) is 20.1. The Kier molecular flexibility index (Phi) is 7.53. The van der Waals surface area contributed by atoms with Crippen LogP contribution in [0.5, 0.6) is 0 Å². The summed E-state index contributed by atoms with van der Waals surface area (Å²) in [7, 11) is 0. The Bertz CT molecular complexity index is 1070. The van der Waals surface area contributed by atoms with E-state index in [0.717, 1.165) is 32.2 Å². The molecule has 2 fully saturated rings. The largest absolute Gasteiger partial charge is 0.336 e. The molecule has 0 spiro atoms. The van der Waals surface area contributed by atoms with Gasteiger partial charge in [-0.15, -0.1) is 0 Å². The van der Waals surface area contributed by atoms with E-state index in [0.29, 0.717) is 28.5 Å². The Morgan fingerprint density at radius 1 is 0.882 bits per heavy atom. The SMILES string of the molecule is C[C@@H]1CCCN1C(=O)c1ccc(NC(=O)C=C[C@H]2CCCN2C(=O)Nc2ccc(Cl)cc2)cc1. The molecule has 2 aliphatic heterocycles. The zero-order valence-electron chi connectivity index (χ0n) is 19.2. The summed E-state index contributed by atoms with van der Waals surface area (Å²) in [6, 6.07) is 13.8. The number of nitrogens with zero attached hydrogens (tertiary/aromatic N) is 2. The number of halogens is 1. The van der Waals surface area contributed by atoms with Crippen molar-refractivity contribution in [3.63, 3.8) is 0 Å². The number of carbonyl (C=O) groups excluding carboxylic acids is 3. The second kappa shape index (κ2) is 10.7. The molecule has 34 heavy (non-hydrogen) atoms. The van der Waals surface area contributed by atoms with Gasteiger partial charge in [0.15, 0.2) is 0 Å². The number of carbonyl (C=O) groups is 3. The summed E-state index contributed by atoms with van der Waals surface area (Å²) in [6.45, 7) is 3.49. The average Bonchev–Trinajstić information content (AvgIpc) is 3.48. The second-order valence-corrected chi connectivity index (χ2v) is 9.19. The van der Waals surface area contributed by atoms with Gasteiger partial charge in [-0.05, 0) is 81.1 Å². The number of hydrogen-bond acceptors (Lipinski definition) is 3. The smallest absolute Gasteiger partial charge is 0.322 e. The Morgan fingerprint density at radius 3 is 2.18 bits per heavy atom. The second-order valence-electron chi connectivity index (χ2n) is 8.76. The van der Waals surface area contributed by atoms with Gasteiger partial charge >= 0.3 is 6.03 Å². The topological polar surface area (TPSA) is 81.8 Å². The van der Waals surface area contributed by atoms with E-state index >= 15 is 0 Å². The van der Waals surface area contributed by atoms with Crippen LogP contribution in [0.25, 0.3) is 0 Å². The van der Waals surface area contributed by atoms with Gasteiger partial charge in [0.1, 0.15) is 0 Å². The number of urea groups is 1. The lowest BCUT2D eigenvalue weighted by atomic mass is 10.1. The zero-order chi connectivity index (χ0) is 24.1. The van der Waals surface area contributed by atoms with E-state index in [9.17, 15) is 14.4 Å². The summed E-state index contributed by atoms with van der Waals surface area (Å²) in [5.41, 5.74) is 1.91. The molecule has 2 saturated heterocycles. The molecule has 178 valence electrons. The van der Waals surface area contributed by atoms with Gasteiger partial charge in [0.25, 0.3) is 5.91 Å². The summed E-state index contributed by atoms with van der Waals surface area (Å²) in [4.78, 5) is 41.4. The molecule has 4 rings (SSSR count). The Labute approximate surface area is 204 Å². The molecule has 2 aromatic rings. The van der Waals surface area contributed by atoms with Crippen molar-refractivity contribution in [2.75, 3.05) is 23.7 Å². The maximum atomic E-state index is 12.7. The van der Waals surface area contributed by atoms with E-state index in [1.54, 1.807) is 59.5 Å². The van der Waals surface area contributed by atoms with Crippen LogP contribution in [-0.4, -0.2) is 52.8 Å². The lowest BCUT2D eigenvalue weighted by molar-refractivity contribution is -0.111. The van der Waals surface area contributed by atoms with Gasteiger partial charge in [0.05, 0.1) is 6.04 Å². The fourth-order valence-electron chi connectivity index (χ4n) is 4.45. The molecular weight excluding hydrogens is 452 g/mol. The van der Waals surface area contributed by atoms with Crippen molar-refractivity contribution in [1.29, 1.82) is 0 Å². The maximum absolute atomic E-state index is 12.7. The molecule has 0 radical (unpaired) electrons. The van der Waals surface area contributed by atoms with Crippen molar-refractivity contribution in [2.45, 2.75) is 44.7 Å². The summed E-state index contributed by atoms with van der Waals surface area (Å²) < 4.78 is 0. The summed E-state index contributed by atoms with van der Waals surface area (Å²) in [6.07, 6.45) is 6.96. The van der Waals surface area contributed by atoms with Crippen molar-refractivity contribution < 1.29 is 14.4 Å². The third-order valence-corrected chi connectivity index (χ3v) is 6.59. The molecule has 0 bridgehead atoms. The van der Waals surface area contributed by atoms with Gasteiger partial charge in [0, 0.05) is 47.2 Å². The number of amides is 4. The standard InChI is InChI=1S/C26H29ClN4O3/c1-18-4-2-16-30(18)25(33)19-6-10-21(11-7-19)28-24(32)15-14-23-5-3-17-31(23)26(34)29-22-12-8-20(27)9-13-22/h6-15,18,23H,2-5,16-17H2,1H3,(H,28,32)(H,29,34)/t18-,23-/m1/s1. The van der Waals surface area contributed by atoms with Gasteiger partial charge < -0.3 is 20.4 Å². The van der Waals surface area contributed by atoms with Crippen LogP contribution in [0.15, 0.2) is 60.7 Å². The van der Waals surface area contributed by atoms with Gasteiger partial charge in [-0.3, -0.25) is 9.59 Å². The maximum Gasteiger partial charge on any atom is 0.322 e. The summed E-state index contributed by atoms with van der Waals surface area (Å²) in [5, 5.41) is 6.29. The molecule has 0 saturated carbocycles. The van der Waals surface area contributed by atoms with Crippen molar-refractivity contribution in [2.24, 2.45) is 0 Å². The molecule has 7 nitrogen and oxygen atoms in total. The highest BCUT2D eigenvalue weighted by atomic mass is 35.5. The molecule has 2 aromatic carbocycles. The first-order chi connectivity index (χ1) is 16.4. The first kappa shape index (κ1) is 23.8. The number of benzene rings is 2. The highest BCUT2D eigenvalue weighted by Gasteiger charge is 2.27. The molecule has 2 heterocycles. The molecule has 0 aliphatic carbocycles. The molecule has 2 atom stereocenters. The molecule has 2 aliphatic rings. The van der Waals surface area contributed by atoms with Crippen LogP contribution in [0, 0.1) is 0 Å². The lowest BCUT2D eigenvalue weighted by Gasteiger charge is -2.22. The quantitative estimate of drug-likeness (QED) is 0.580. The number of hydrogen-bond donors (Lipinski definition) is 2. The minimum absolute atomic E-state index is 0.0287. The number of likely N-dealkylation sites (tertiary alicyclic amines) is 2. The Hall–Kier alpha value is -3.32. The fourth-order valence-corrected chi connectivity index (χ4v) is 4.58. The molecule has 8 heteroatoms. The predicted molar refractivity (Wildman–Crippen MR) is 134 cm³/mol. The monoisotopic (exact) mass is 480 g/mol. The van der Waals surface area contributed by atoms with E-state index in [2.05, 4.69) is 17.6 Å². The first-order valence-corrected chi connectivity index (χ1v) is 12.0. The van der Waals surface area contributed by atoms with E-state index < -0.39 is 0 Å². The third-order valence-electron chi connectivity index (χ3n) is 6.34. The summed E-state index contributed by atoms with van der Waals surface area (Å²) in [5.74, 6) is -0.252.